The zero-order chi connectivity index (χ0) is 11.0. The van der Waals surface area contributed by atoms with E-state index in [9.17, 15) is 5.11 Å². The Morgan fingerprint density at radius 2 is 2.13 bits per heavy atom. The average Bonchev–Trinajstić information content (AvgIpc) is 2.44. The fraction of sp³-hybridized carbons (Fsp3) is 0.364. The van der Waals surface area contributed by atoms with Gasteiger partial charge in [-0.3, -0.25) is 5.73 Å². The van der Waals surface area contributed by atoms with Gasteiger partial charge in [-0.15, -0.1) is 0 Å². The minimum atomic E-state index is -0.400. The molecule has 0 unspecified atom stereocenters. The summed E-state index contributed by atoms with van der Waals surface area (Å²) < 4.78 is 3.86. The van der Waals surface area contributed by atoms with E-state index in [0.29, 0.717) is 12.5 Å². The largest absolute Gasteiger partial charge is 0.390 e. The van der Waals surface area contributed by atoms with Crippen LogP contribution in [0.2, 0.25) is 0 Å². The van der Waals surface area contributed by atoms with Crippen LogP contribution in [0.3, 0.4) is 0 Å². The lowest BCUT2D eigenvalue weighted by molar-refractivity contribution is -0.630. The van der Waals surface area contributed by atoms with Crippen LogP contribution in [0.25, 0.3) is 11.0 Å². The number of hydrogen-bond donors (Lipinski definition) is 2. The lowest BCUT2D eigenvalue weighted by atomic mass is 10.3. The lowest BCUT2D eigenvalue weighted by Crippen LogP contribution is -2.32. The van der Waals surface area contributed by atoms with Crippen LogP contribution in [0, 0.1) is 0 Å². The third kappa shape index (κ3) is 1.57. The predicted molar refractivity (Wildman–Crippen MR) is 59.2 cm³/mol. The van der Waals surface area contributed by atoms with Gasteiger partial charge in [-0.1, -0.05) is 12.1 Å². The van der Waals surface area contributed by atoms with Crippen molar-refractivity contribution in [2.24, 2.45) is 7.05 Å². The van der Waals surface area contributed by atoms with E-state index < -0.39 is 6.10 Å². The van der Waals surface area contributed by atoms with Crippen molar-refractivity contribution in [2.45, 2.75) is 19.6 Å². The minimum absolute atomic E-state index is 0.400. The number of rotatable bonds is 2. The van der Waals surface area contributed by atoms with Crippen LogP contribution in [0.15, 0.2) is 24.3 Å². The summed E-state index contributed by atoms with van der Waals surface area (Å²) in [6, 6.07) is 7.98. The quantitative estimate of drug-likeness (QED) is 0.700. The number of nitrogen functional groups attached to an aromatic ring is 1. The summed E-state index contributed by atoms with van der Waals surface area (Å²) in [6.45, 7) is 2.28. The average molecular weight is 206 g/mol. The number of anilines is 1. The molecule has 0 radical (unpaired) electrons. The maximum absolute atomic E-state index is 9.41. The Kier molecular flexibility index (Phi) is 2.36. The lowest BCUT2D eigenvalue weighted by Gasteiger charge is -2.03. The van der Waals surface area contributed by atoms with Crippen LogP contribution >= 0.6 is 0 Å². The van der Waals surface area contributed by atoms with Crippen LogP contribution in [0.1, 0.15) is 6.92 Å². The van der Waals surface area contributed by atoms with Crippen LogP contribution in [0.5, 0.6) is 0 Å². The Hall–Kier alpha value is -1.55. The molecule has 15 heavy (non-hydrogen) atoms. The van der Waals surface area contributed by atoms with E-state index in [0.717, 1.165) is 11.0 Å². The molecule has 2 aromatic rings. The number of nitrogens with two attached hydrogens (primary N) is 1. The number of aliphatic hydroxyl groups is 1. The first-order valence-electron chi connectivity index (χ1n) is 5.02. The molecule has 0 saturated carbocycles. The molecule has 80 valence electrons. The van der Waals surface area contributed by atoms with Crippen LogP contribution in [-0.4, -0.2) is 15.8 Å². The highest BCUT2D eigenvalue weighted by Gasteiger charge is 2.18. The number of fused-ring (bicyclic) bond motifs is 1. The van der Waals surface area contributed by atoms with Crippen molar-refractivity contribution in [1.82, 2.24) is 4.57 Å². The van der Waals surface area contributed by atoms with Gasteiger partial charge in [0.15, 0.2) is 0 Å². The molecule has 2 rings (SSSR count). The monoisotopic (exact) mass is 206 g/mol. The number of nitrogens with zero attached hydrogens (tertiary/aromatic N) is 2. The molecule has 3 N–H and O–H groups in total. The molecule has 0 aliphatic carbocycles. The number of imidazole rings is 1. The first-order chi connectivity index (χ1) is 7.11. The highest BCUT2D eigenvalue weighted by atomic mass is 16.3. The molecule has 0 bridgehead atoms. The SMILES string of the molecule is C[C@@H](O)Cn1c(N)[n+](C)c2ccccc21. The Labute approximate surface area is 88.6 Å². The van der Waals surface area contributed by atoms with Crippen LogP contribution < -0.4 is 10.3 Å². The fourth-order valence-electron chi connectivity index (χ4n) is 1.86. The van der Waals surface area contributed by atoms with Gasteiger partial charge in [0.05, 0.1) is 19.7 Å². The first-order valence-corrected chi connectivity index (χ1v) is 5.02. The number of para-hydroxylation sites is 2. The molecule has 0 amide bonds. The summed E-state index contributed by atoms with van der Waals surface area (Å²) >= 11 is 0. The molecule has 1 atom stereocenters. The van der Waals surface area contributed by atoms with Crippen molar-refractivity contribution in [1.29, 1.82) is 0 Å². The van der Waals surface area contributed by atoms with Crippen molar-refractivity contribution >= 4 is 17.0 Å². The van der Waals surface area contributed by atoms with E-state index >= 15 is 0 Å². The summed E-state index contributed by atoms with van der Waals surface area (Å²) in [6.07, 6.45) is -0.400. The Balaban J connectivity index is 2.66. The third-order valence-electron chi connectivity index (χ3n) is 2.60. The van der Waals surface area contributed by atoms with E-state index in [1.807, 2.05) is 40.4 Å². The Bertz CT molecular complexity index is 488. The molecule has 4 nitrogen and oxygen atoms in total. The molecule has 0 aliphatic heterocycles. The third-order valence-corrected chi connectivity index (χ3v) is 2.60. The summed E-state index contributed by atoms with van der Waals surface area (Å²) in [7, 11) is 1.93. The predicted octanol–water partition coefficient (Wildman–Crippen LogP) is 0.429. The van der Waals surface area contributed by atoms with Gasteiger partial charge in [-0.2, -0.15) is 0 Å². The van der Waals surface area contributed by atoms with Gasteiger partial charge in [-0.25, -0.2) is 9.13 Å². The van der Waals surface area contributed by atoms with E-state index in [1.54, 1.807) is 6.92 Å². The zero-order valence-corrected chi connectivity index (χ0v) is 9.01. The summed E-state index contributed by atoms with van der Waals surface area (Å²) in [5, 5.41) is 9.41. The normalized spacial score (nSPS) is 13.3. The van der Waals surface area contributed by atoms with Gasteiger partial charge in [0.25, 0.3) is 0 Å². The van der Waals surface area contributed by atoms with Crippen LogP contribution in [-0.2, 0) is 13.6 Å². The summed E-state index contributed by atoms with van der Waals surface area (Å²) in [5.41, 5.74) is 8.11. The molecule has 1 heterocycles. The van der Waals surface area contributed by atoms with Gasteiger partial charge in [-0.05, 0) is 19.1 Å². The molecular formula is C11H16N3O+. The van der Waals surface area contributed by atoms with Gasteiger partial charge in [0, 0.05) is 0 Å². The maximum atomic E-state index is 9.41. The van der Waals surface area contributed by atoms with E-state index in [-0.39, 0.29) is 0 Å². The molecule has 0 spiro atoms. The zero-order valence-electron chi connectivity index (χ0n) is 9.01. The van der Waals surface area contributed by atoms with Crippen molar-refractivity contribution in [2.75, 3.05) is 5.73 Å². The molecule has 0 aliphatic rings. The topological polar surface area (TPSA) is 55.1 Å². The van der Waals surface area contributed by atoms with Gasteiger partial charge in [0.1, 0.15) is 11.0 Å². The first kappa shape index (κ1) is 9.98. The highest BCUT2D eigenvalue weighted by molar-refractivity contribution is 5.73. The molecular weight excluding hydrogens is 190 g/mol. The molecule has 1 aromatic carbocycles. The Morgan fingerprint density at radius 1 is 1.47 bits per heavy atom. The second kappa shape index (κ2) is 3.55. The van der Waals surface area contributed by atoms with E-state index in [2.05, 4.69) is 0 Å². The van der Waals surface area contributed by atoms with Gasteiger partial charge < -0.3 is 5.11 Å². The van der Waals surface area contributed by atoms with Gasteiger partial charge in [0.2, 0.25) is 0 Å². The van der Waals surface area contributed by atoms with Crippen LogP contribution in [0.4, 0.5) is 5.95 Å². The van der Waals surface area contributed by atoms with Crippen molar-refractivity contribution in [3.8, 4) is 0 Å². The Morgan fingerprint density at radius 3 is 2.80 bits per heavy atom. The number of aromatic nitrogens is 2. The minimum Gasteiger partial charge on any atom is -0.390 e. The number of aryl methyl sites for hydroxylation is 1. The second-order valence-electron chi connectivity index (χ2n) is 3.87. The van der Waals surface area contributed by atoms with Crippen molar-refractivity contribution in [3.63, 3.8) is 0 Å². The number of benzene rings is 1. The van der Waals surface area contributed by atoms with E-state index in [4.69, 9.17) is 5.73 Å². The van der Waals surface area contributed by atoms with Gasteiger partial charge >= 0.3 is 5.95 Å². The van der Waals surface area contributed by atoms with Crippen molar-refractivity contribution in [3.05, 3.63) is 24.3 Å². The standard InChI is InChI=1S/C11H15N3O/c1-8(15)7-14-10-6-4-3-5-9(10)13(2)11(14)12/h3-6,8,12,15H,7H2,1-2H3/p+1/t8-/m1/s1. The fourth-order valence-corrected chi connectivity index (χ4v) is 1.86. The van der Waals surface area contributed by atoms with E-state index in [1.165, 1.54) is 0 Å². The second-order valence-corrected chi connectivity index (χ2v) is 3.87. The molecule has 0 saturated heterocycles. The summed E-state index contributed by atoms with van der Waals surface area (Å²) in [5.74, 6) is 0.664. The number of hydrogen-bond acceptors (Lipinski definition) is 2. The molecule has 4 heteroatoms. The molecule has 0 fully saturated rings. The maximum Gasteiger partial charge on any atom is 0.355 e. The van der Waals surface area contributed by atoms with Crippen molar-refractivity contribution < 1.29 is 9.67 Å². The smallest absolute Gasteiger partial charge is 0.355 e. The number of aliphatic hydroxyl groups excluding tert-OH is 1. The highest BCUT2D eigenvalue weighted by Crippen LogP contribution is 2.15. The summed E-state index contributed by atoms with van der Waals surface area (Å²) in [4.78, 5) is 0. The molecule has 1 aromatic heterocycles.